The number of benzene rings is 1. The zero-order chi connectivity index (χ0) is 17.4. The van der Waals surface area contributed by atoms with Gasteiger partial charge in [0.1, 0.15) is 12.1 Å². The van der Waals surface area contributed by atoms with Gasteiger partial charge in [0, 0.05) is 34.7 Å². The molecule has 0 spiro atoms. The molecule has 0 radical (unpaired) electrons. The highest BCUT2D eigenvalue weighted by molar-refractivity contribution is 9.10. The summed E-state index contributed by atoms with van der Waals surface area (Å²) in [7, 11) is 0. The van der Waals surface area contributed by atoms with Crippen LogP contribution in [0.3, 0.4) is 0 Å². The molecule has 0 N–H and O–H groups in total. The van der Waals surface area contributed by atoms with Crippen LogP contribution in [-0.4, -0.2) is 37.6 Å². The standard InChI is InChI=1S/C18H19BrFN5/c1-12-7-17(25-18(23-12)21-11-22-25)14-3-2-6-24(10-14)9-13-4-5-15(19)8-16(13)20/h4-5,7-8,11,14H,2-3,6,9-10H2,1H3. The fraction of sp³-hybridized carbons (Fsp3) is 0.389. The van der Waals surface area contributed by atoms with Crippen molar-refractivity contribution >= 4 is 21.7 Å². The number of piperidine rings is 1. The third kappa shape index (κ3) is 3.43. The van der Waals surface area contributed by atoms with Crippen LogP contribution in [0.2, 0.25) is 0 Å². The number of aryl methyl sites for hydroxylation is 1. The second-order valence-corrected chi connectivity index (χ2v) is 7.52. The molecule has 1 atom stereocenters. The first-order valence-electron chi connectivity index (χ1n) is 8.44. The van der Waals surface area contributed by atoms with Gasteiger partial charge < -0.3 is 0 Å². The molecule has 130 valence electrons. The van der Waals surface area contributed by atoms with E-state index < -0.39 is 0 Å². The van der Waals surface area contributed by atoms with E-state index in [0.29, 0.717) is 18.2 Å². The van der Waals surface area contributed by atoms with Crippen LogP contribution in [0, 0.1) is 12.7 Å². The number of halogens is 2. The molecule has 7 heteroatoms. The molecule has 3 aromatic rings. The Morgan fingerprint density at radius 3 is 3.04 bits per heavy atom. The topological polar surface area (TPSA) is 46.3 Å². The van der Waals surface area contributed by atoms with Crippen molar-refractivity contribution in [1.29, 1.82) is 0 Å². The van der Waals surface area contributed by atoms with E-state index in [9.17, 15) is 4.39 Å². The van der Waals surface area contributed by atoms with Gasteiger partial charge in [0.25, 0.3) is 5.78 Å². The average Bonchev–Trinajstić information content (AvgIpc) is 3.05. The maximum Gasteiger partial charge on any atom is 0.252 e. The zero-order valence-corrected chi connectivity index (χ0v) is 15.6. The number of rotatable bonds is 3. The third-order valence-electron chi connectivity index (χ3n) is 4.74. The van der Waals surface area contributed by atoms with Gasteiger partial charge in [-0.25, -0.2) is 13.9 Å². The molecule has 1 aliphatic heterocycles. The Morgan fingerprint density at radius 2 is 2.20 bits per heavy atom. The summed E-state index contributed by atoms with van der Waals surface area (Å²) < 4.78 is 16.8. The number of hydrogen-bond donors (Lipinski definition) is 0. The molecular formula is C18H19BrFN5. The second kappa shape index (κ2) is 6.80. The molecule has 0 saturated carbocycles. The highest BCUT2D eigenvalue weighted by Gasteiger charge is 2.25. The first kappa shape index (κ1) is 16.6. The minimum atomic E-state index is -0.157. The maximum absolute atomic E-state index is 14.2. The minimum absolute atomic E-state index is 0.157. The Kier molecular flexibility index (Phi) is 4.52. The van der Waals surface area contributed by atoms with Gasteiger partial charge in [-0.3, -0.25) is 4.90 Å². The van der Waals surface area contributed by atoms with Crippen molar-refractivity contribution in [2.24, 2.45) is 0 Å². The molecule has 25 heavy (non-hydrogen) atoms. The van der Waals surface area contributed by atoms with Crippen LogP contribution < -0.4 is 0 Å². The summed E-state index contributed by atoms with van der Waals surface area (Å²) in [6.07, 6.45) is 3.72. The molecule has 5 nitrogen and oxygen atoms in total. The Bertz CT molecular complexity index is 910. The number of aromatic nitrogens is 4. The van der Waals surface area contributed by atoms with Crippen LogP contribution in [0.4, 0.5) is 4.39 Å². The summed E-state index contributed by atoms with van der Waals surface area (Å²) in [6, 6.07) is 7.37. The number of hydrogen-bond acceptors (Lipinski definition) is 4. The van der Waals surface area contributed by atoms with Crippen molar-refractivity contribution in [2.45, 2.75) is 32.2 Å². The van der Waals surface area contributed by atoms with E-state index in [4.69, 9.17) is 0 Å². The highest BCUT2D eigenvalue weighted by Crippen LogP contribution is 2.28. The van der Waals surface area contributed by atoms with Crippen LogP contribution in [0.5, 0.6) is 0 Å². The van der Waals surface area contributed by atoms with E-state index in [1.54, 1.807) is 6.33 Å². The molecule has 0 aliphatic carbocycles. The lowest BCUT2D eigenvalue weighted by atomic mass is 9.93. The molecule has 0 bridgehead atoms. The zero-order valence-electron chi connectivity index (χ0n) is 14.0. The smallest absolute Gasteiger partial charge is 0.252 e. The van der Waals surface area contributed by atoms with E-state index in [1.807, 2.05) is 23.6 Å². The summed E-state index contributed by atoms with van der Waals surface area (Å²) in [5.41, 5.74) is 2.83. The first-order chi connectivity index (χ1) is 12.1. The monoisotopic (exact) mass is 403 g/mol. The van der Waals surface area contributed by atoms with Crippen LogP contribution in [-0.2, 0) is 6.54 Å². The Balaban J connectivity index is 1.57. The van der Waals surface area contributed by atoms with Crippen molar-refractivity contribution < 1.29 is 4.39 Å². The van der Waals surface area contributed by atoms with Crippen LogP contribution >= 0.6 is 15.9 Å². The van der Waals surface area contributed by atoms with E-state index >= 15 is 0 Å². The third-order valence-corrected chi connectivity index (χ3v) is 5.23. The Labute approximate surface area is 154 Å². The Hall–Kier alpha value is -1.86. The quantitative estimate of drug-likeness (QED) is 0.668. The van der Waals surface area contributed by atoms with Crippen molar-refractivity contribution in [3.8, 4) is 0 Å². The molecule has 0 amide bonds. The van der Waals surface area contributed by atoms with Gasteiger partial charge in [-0.15, -0.1) is 0 Å². The van der Waals surface area contributed by atoms with Gasteiger partial charge in [-0.05, 0) is 44.5 Å². The first-order valence-corrected chi connectivity index (χ1v) is 9.23. The largest absolute Gasteiger partial charge is 0.298 e. The molecular weight excluding hydrogens is 385 g/mol. The van der Waals surface area contributed by atoms with E-state index in [0.717, 1.165) is 47.4 Å². The summed E-state index contributed by atoms with van der Waals surface area (Å²) in [6.45, 7) is 4.47. The fourth-order valence-electron chi connectivity index (χ4n) is 3.58. The lowest BCUT2D eigenvalue weighted by molar-refractivity contribution is 0.195. The molecule has 2 aromatic heterocycles. The molecule has 1 fully saturated rings. The lowest BCUT2D eigenvalue weighted by Crippen LogP contribution is -2.35. The second-order valence-electron chi connectivity index (χ2n) is 6.60. The summed E-state index contributed by atoms with van der Waals surface area (Å²) >= 11 is 3.31. The highest BCUT2D eigenvalue weighted by atomic mass is 79.9. The van der Waals surface area contributed by atoms with E-state index in [2.05, 4.69) is 42.0 Å². The van der Waals surface area contributed by atoms with Crippen molar-refractivity contribution in [1.82, 2.24) is 24.5 Å². The summed E-state index contributed by atoms with van der Waals surface area (Å²) in [5, 5.41) is 4.33. The van der Waals surface area contributed by atoms with Gasteiger partial charge >= 0.3 is 0 Å². The summed E-state index contributed by atoms with van der Waals surface area (Å²) in [4.78, 5) is 11.0. The van der Waals surface area contributed by atoms with Crippen molar-refractivity contribution in [2.75, 3.05) is 13.1 Å². The van der Waals surface area contributed by atoms with Crippen molar-refractivity contribution in [3.05, 3.63) is 57.8 Å². The van der Waals surface area contributed by atoms with E-state index in [-0.39, 0.29) is 5.82 Å². The lowest BCUT2D eigenvalue weighted by Gasteiger charge is -2.33. The Morgan fingerprint density at radius 1 is 1.32 bits per heavy atom. The van der Waals surface area contributed by atoms with Gasteiger partial charge in [0.05, 0.1) is 5.69 Å². The summed E-state index contributed by atoms with van der Waals surface area (Å²) in [5.74, 6) is 0.833. The van der Waals surface area contributed by atoms with Gasteiger partial charge in [0.15, 0.2) is 0 Å². The molecule has 1 aliphatic rings. The van der Waals surface area contributed by atoms with Gasteiger partial charge in [0.2, 0.25) is 0 Å². The minimum Gasteiger partial charge on any atom is -0.298 e. The number of fused-ring (bicyclic) bond motifs is 1. The normalized spacial score (nSPS) is 18.8. The van der Waals surface area contributed by atoms with Gasteiger partial charge in [-0.1, -0.05) is 22.0 Å². The molecule has 1 unspecified atom stereocenters. The van der Waals surface area contributed by atoms with E-state index in [1.165, 1.54) is 6.07 Å². The van der Waals surface area contributed by atoms with Crippen LogP contribution in [0.1, 0.15) is 35.7 Å². The van der Waals surface area contributed by atoms with Crippen LogP contribution in [0.25, 0.3) is 5.78 Å². The number of nitrogens with zero attached hydrogens (tertiary/aromatic N) is 5. The molecule has 3 heterocycles. The SMILES string of the molecule is Cc1cc(C2CCCN(Cc3ccc(Br)cc3F)C2)n2ncnc2n1. The number of likely N-dealkylation sites (tertiary alicyclic amines) is 1. The van der Waals surface area contributed by atoms with Gasteiger partial charge in [-0.2, -0.15) is 10.1 Å². The van der Waals surface area contributed by atoms with Crippen LogP contribution in [0.15, 0.2) is 35.1 Å². The molecule has 1 aromatic carbocycles. The predicted molar refractivity (Wildman–Crippen MR) is 96.9 cm³/mol. The molecule has 1 saturated heterocycles. The molecule has 4 rings (SSSR count). The van der Waals surface area contributed by atoms with Crippen molar-refractivity contribution in [3.63, 3.8) is 0 Å². The predicted octanol–water partition coefficient (Wildman–Crippen LogP) is 3.71. The average molecular weight is 404 g/mol. The maximum atomic E-state index is 14.2. The fourth-order valence-corrected chi connectivity index (χ4v) is 3.91.